The number of hydrogen-bond donors (Lipinski definition) is 1. The standard InChI is InChI=1S/C13H12F3N/c14-13(15,16)9-4-5-12-10(6-9)11(7-17-12)8-2-1-3-8/h4-8,17H,1-3H2. The number of alkyl halides is 3. The summed E-state index contributed by atoms with van der Waals surface area (Å²) < 4.78 is 37.9. The fourth-order valence-electron chi connectivity index (χ4n) is 2.38. The number of H-pyrrole nitrogens is 1. The van der Waals surface area contributed by atoms with E-state index in [4.69, 9.17) is 0 Å². The molecule has 1 N–H and O–H groups in total. The third kappa shape index (κ3) is 1.72. The van der Waals surface area contributed by atoms with Crippen LogP contribution in [0, 0.1) is 0 Å². The highest BCUT2D eigenvalue weighted by Crippen LogP contribution is 2.41. The van der Waals surface area contributed by atoms with Crippen LogP contribution in [-0.4, -0.2) is 4.98 Å². The van der Waals surface area contributed by atoms with E-state index < -0.39 is 11.7 Å². The molecule has 0 radical (unpaired) electrons. The van der Waals surface area contributed by atoms with E-state index in [0.29, 0.717) is 5.92 Å². The molecule has 0 atom stereocenters. The van der Waals surface area contributed by atoms with Crippen LogP contribution in [-0.2, 0) is 6.18 Å². The molecule has 0 saturated heterocycles. The van der Waals surface area contributed by atoms with E-state index in [0.717, 1.165) is 35.4 Å². The van der Waals surface area contributed by atoms with Gasteiger partial charge in [-0.1, -0.05) is 6.42 Å². The minimum absolute atomic E-state index is 0.437. The first-order valence-electron chi connectivity index (χ1n) is 5.74. The van der Waals surface area contributed by atoms with Gasteiger partial charge in [-0.15, -0.1) is 0 Å². The fraction of sp³-hybridized carbons (Fsp3) is 0.385. The predicted molar refractivity (Wildman–Crippen MR) is 59.9 cm³/mol. The molecule has 0 amide bonds. The molecule has 1 aromatic heterocycles. The van der Waals surface area contributed by atoms with Crippen molar-refractivity contribution in [2.75, 3.05) is 0 Å². The Hall–Kier alpha value is -1.45. The summed E-state index contributed by atoms with van der Waals surface area (Å²) in [5.41, 5.74) is 1.27. The number of aromatic amines is 1. The fourth-order valence-corrected chi connectivity index (χ4v) is 2.38. The second kappa shape index (κ2) is 3.52. The van der Waals surface area contributed by atoms with Crippen molar-refractivity contribution in [1.29, 1.82) is 0 Å². The van der Waals surface area contributed by atoms with Crippen molar-refractivity contribution in [3.05, 3.63) is 35.5 Å². The van der Waals surface area contributed by atoms with Gasteiger partial charge in [0, 0.05) is 17.1 Å². The molecule has 1 heterocycles. The minimum atomic E-state index is -4.26. The van der Waals surface area contributed by atoms with Crippen molar-refractivity contribution in [3.8, 4) is 0 Å². The van der Waals surface area contributed by atoms with Gasteiger partial charge in [0.15, 0.2) is 0 Å². The minimum Gasteiger partial charge on any atom is -0.361 e. The van der Waals surface area contributed by atoms with Crippen LogP contribution in [0.4, 0.5) is 13.2 Å². The third-order valence-corrected chi connectivity index (χ3v) is 3.59. The largest absolute Gasteiger partial charge is 0.416 e. The van der Waals surface area contributed by atoms with Gasteiger partial charge < -0.3 is 4.98 Å². The van der Waals surface area contributed by atoms with Crippen molar-refractivity contribution in [3.63, 3.8) is 0 Å². The Morgan fingerprint density at radius 3 is 2.53 bits per heavy atom. The number of aromatic nitrogens is 1. The SMILES string of the molecule is FC(F)(F)c1ccc2[nH]cc(C3CCC3)c2c1. The van der Waals surface area contributed by atoms with Gasteiger partial charge in [0.2, 0.25) is 0 Å². The number of benzene rings is 1. The smallest absolute Gasteiger partial charge is 0.361 e. The van der Waals surface area contributed by atoms with Gasteiger partial charge in [0.25, 0.3) is 0 Å². The Morgan fingerprint density at radius 2 is 1.94 bits per heavy atom. The molecule has 2 aromatic rings. The first kappa shape index (κ1) is 10.7. The molecule has 3 rings (SSSR count). The summed E-state index contributed by atoms with van der Waals surface area (Å²) in [7, 11) is 0. The second-order valence-corrected chi connectivity index (χ2v) is 4.63. The molecule has 1 aromatic carbocycles. The van der Waals surface area contributed by atoms with Crippen LogP contribution in [0.25, 0.3) is 10.9 Å². The summed E-state index contributed by atoms with van der Waals surface area (Å²) in [6.45, 7) is 0. The van der Waals surface area contributed by atoms with Gasteiger partial charge in [-0.05, 0) is 42.5 Å². The highest BCUT2D eigenvalue weighted by Gasteiger charge is 2.31. The lowest BCUT2D eigenvalue weighted by Crippen LogP contribution is -2.08. The molecule has 4 heteroatoms. The first-order valence-corrected chi connectivity index (χ1v) is 5.74. The van der Waals surface area contributed by atoms with Gasteiger partial charge in [0.05, 0.1) is 5.56 Å². The summed E-state index contributed by atoms with van der Waals surface area (Å²) in [6.07, 6.45) is 0.944. The van der Waals surface area contributed by atoms with Gasteiger partial charge in [-0.25, -0.2) is 0 Å². The summed E-state index contributed by atoms with van der Waals surface area (Å²) >= 11 is 0. The maximum absolute atomic E-state index is 12.6. The molecular formula is C13H12F3N. The summed E-state index contributed by atoms with van der Waals surface area (Å²) in [5.74, 6) is 0.437. The number of nitrogens with one attached hydrogen (secondary N) is 1. The lowest BCUT2D eigenvalue weighted by molar-refractivity contribution is -0.137. The van der Waals surface area contributed by atoms with Gasteiger partial charge in [0.1, 0.15) is 0 Å². The third-order valence-electron chi connectivity index (χ3n) is 3.59. The topological polar surface area (TPSA) is 15.8 Å². The maximum atomic E-state index is 12.6. The van der Waals surface area contributed by atoms with E-state index in [1.54, 1.807) is 0 Å². The Bertz CT molecular complexity index is 549. The van der Waals surface area contributed by atoms with E-state index in [2.05, 4.69) is 4.98 Å². The van der Waals surface area contributed by atoms with E-state index >= 15 is 0 Å². The monoisotopic (exact) mass is 239 g/mol. The van der Waals surface area contributed by atoms with Crippen molar-refractivity contribution in [2.45, 2.75) is 31.4 Å². The van der Waals surface area contributed by atoms with Crippen molar-refractivity contribution < 1.29 is 13.2 Å². The van der Waals surface area contributed by atoms with Crippen LogP contribution in [0.2, 0.25) is 0 Å². The van der Waals surface area contributed by atoms with Gasteiger partial charge >= 0.3 is 6.18 Å². The highest BCUT2D eigenvalue weighted by molar-refractivity contribution is 5.84. The predicted octanol–water partition coefficient (Wildman–Crippen LogP) is 4.45. The quantitative estimate of drug-likeness (QED) is 0.756. The van der Waals surface area contributed by atoms with Crippen LogP contribution in [0.15, 0.2) is 24.4 Å². The lowest BCUT2D eigenvalue weighted by Gasteiger charge is -2.25. The number of halogens is 3. The number of fused-ring (bicyclic) bond motifs is 1. The molecular weight excluding hydrogens is 227 g/mol. The van der Waals surface area contributed by atoms with E-state index in [-0.39, 0.29) is 0 Å². The summed E-state index contributed by atoms with van der Waals surface area (Å²) in [5, 5.41) is 0.726. The molecule has 1 aliphatic carbocycles. The van der Waals surface area contributed by atoms with E-state index in [1.807, 2.05) is 6.20 Å². The molecule has 1 aliphatic rings. The average molecular weight is 239 g/mol. The molecule has 1 saturated carbocycles. The molecule has 1 fully saturated rings. The van der Waals surface area contributed by atoms with E-state index in [1.165, 1.54) is 18.6 Å². The number of hydrogen-bond acceptors (Lipinski definition) is 0. The Labute approximate surface area is 96.6 Å². The van der Waals surface area contributed by atoms with Crippen molar-refractivity contribution in [1.82, 2.24) is 4.98 Å². The maximum Gasteiger partial charge on any atom is 0.416 e. The molecule has 0 aliphatic heterocycles. The Balaban J connectivity index is 2.12. The van der Waals surface area contributed by atoms with E-state index in [9.17, 15) is 13.2 Å². The van der Waals surface area contributed by atoms with Crippen molar-refractivity contribution >= 4 is 10.9 Å². The zero-order valence-corrected chi connectivity index (χ0v) is 9.14. The molecule has 0 bridgehead atoms. The van der Waals surface area contributed by atoms with Crippen molar-refractivity contribution in [2.24, 2.45) is 0 Å². The zero-order chi connectivity index (χ0) is 12.0. The average Bonchev–Trinajstić information content (AvgIpc) is 2.57. The van der Waals surface area contributed by atoms with Crippen LogP contribution >= 0.6 is 0 Å². The Kier molecular flexibility index (Phi) is 2.21. The highest BCUT2D eigenvalue weighted by atomic mass is 19.4. The molecule has 90 valence electrons. The molecule has 1 nitrogen and oxygen atoms in total. The number of rotatable bonds is 1. The normalized spacial score (nSPS) is 17.4. The zero-order valence-electron chi connectivity index (χ0n) is 9.14. The summed E-state index contributed by atoms with van der Waals surface area (Å²) in [6, 6.07) is 3.91. The van der Waals surface area contributed by atoms with Gasteiger partial charge in [-0.3, -0.25) is 0 Å². The van der Waals surface area contributed by atoms with Gasteiger partial charge in [-0.2, -0.15) is 13.2 Å². The molecule has 0 spiro atoms. The molecule has 0 unspecified atom stereocenters. The van der Waals surface area contributed by atoms with Crippen LogP contribution in [0.1, 0.15) is 36.3 Å². The van der Waals surface area contributed by atoms with Crippen LogP contribution in [0.5, 0.6) is 0 Å². The first-order chi connectivity index (χ1) is 8.05. The second-order valence-electron chi connectivity index (χ2n) is 4.63. The van der Waals surface area contributed by atoms with Crippen LogP contribution in [0.3, 0.4) is 0 Å². The summed E-state index contributed by atoms with van der Waals surface area (Å²) in [4.78, 5) is 3.05. The molecule has 17 heavy (non-hydrogen) atoms. The Morgan fingerprint density at radius 1 is 1.18 bits per heavy atom. The lowest BCUT2D eigenvalue weighted by atomic mass is 9.80. The van der Waals surface area contributed by atoms with Crippen LogP contribution < -0.4 is 0 Å².